The number of rotatable bonds is 2. The molecule has 2 N–H and O–H groups in total. The summed E-state index contributed by atoms with van der Waals surface area (Å²) in [7, 11) is 0. The Hall–Kier alpha value is -1.35. The molecule has 0 saturated heterocycles. The maximum absolute atomic E-state index is 6.05. The lowest BCUT2D eigenvalue weighted by atomic mass is 10.0. The smallest absolute Gasteiger partial charge is 0.114 e. The molecule has 18 heavy (non-hydrogen) atoms. The van der Waals surface area contributed by atoms with Crippen molar-refractivity contribution in [1.82, 2.24) is 9.55 Å². The first-order valence-corrected chi connectivity index (χ1v) is 6.56. The molecule has 2 aromatic rings. The average molecular weight is 245 g/mol. The Morgan fingerprint density at radius 3 is 2.33 bits per heavy atom. The van der Waals surface area contributed by atoms with Gasteiger partial charge in [0.05, 0.1) is 11.0 Å². The lowest BCUT2D eigenvalue weighted by molar-refractivity contribution is 0.378. The third kappa shape index (κ3) is 2.15. The molecular formula is C15H23N3. The van der Waals surface area contributed by atoms with E-state index in [0.29, 0.717) is 0 Å². The van der Waals surface area contributed by atoms with Crippen LogP contribution in [0.5, 0.6) is 0 Å². The highest BCUT2D eigenvalue weighted by atomic mass is 15.1. The van der Waals surface area contributed by atoms with Crippen LogP contribution in [0.2, 0.25) is 0 Å². The molecule has 0 bridgehead atoms. The van der Waals surface area contributed by atoms with Gasteiger partial charge in [0.15, 0.2) is 0 Å². The molecule has 0 spiro atoms. The molecule has 0 saturated carbocycles. The summed E-state index contributed by atoms with van der Waals surface area (Å²) in [5.41, 5.74) is 8.30. The Bertz CT molecular complexity index is 546. The summed E-state index contributed by atoms with van der Waals surface area (Å²) in [4.78, 5) is 4.78. The molecule has 1 aromatic carbocycles. The summed E-state index contributed by atoms with van der Waals surface area (Å²) in [6, 6.07) is 8.39. The minimum atomic E-state index is 0.00852. The van der Waals surface area contributed by atoms with Crippen LogP contribution in [0.4, 0.5) is 0 Å². The fourth-order valence-corrected chi connectivity index (χ4v) is 2.29. The van der Waals surface area contributed by atoms with E-state index in [4.69, 9.17) is 10.7 Å². The lowest BCUT2D eigenvalue weighted by Crippen LogP contribution is -2.30. The van der Waals surface area contributed by atoms with E-state index in [2.05, 4.69) is 50.5 Å². The molecule has 0 amide bonds. The van der Waals surface area contributed by atoms with Crippen LogP contribution in [-0.4, -0.2) is 15.6 Å². The number of imidazole rings is 1. The summed E-state index contributed by atoms with van der Waals surface area (Å²) < 4.78 is 2.32. The first-order valence-electron chi connectivity index (χ1n) is 6.56. The van der Waals surface area contributed by atoms with Crippen molar-refractivity contribution in [2.45, 2.75) is 52.1 Å². The van der Waals surface area contributed by atoms with Gasteiger partial charge in [-0.2, -0.15) is 0 Å². The topological polar surface area (TPSA) is 43.8 Å². The van der Waals surface area contributed by atoms with Crippen molar-refractivity contribution in [1.29, 1.82) is 0 Å². The molecule has 1 aromatic heterocycles. The van der Waals surface area contributed by atoms with E-state index in [1.165, 1.54) is 5.52 Å². The highest BCUT2D eigenvalue weighted by Crippen LogP contribution is 2.29. The van der Waals surface area contributed by atoms with Crippen LogP contribution in [-0.2, 0) is 5.54 Å². The monoisotopic (exact) mass is 245 g/mol. The molecule has 0 aliphatic heterocycles. The van der Waals surface area contributed by atoms with Crippen molar-refractivity contribution >= 4 is 11.0 Å². The maximum atomic E-state index is 6.05. The van der Waals surface area contributed by atoms with Gasteiger partial charge in [-0.25, -0.2) is 4.98 Å². The van der Waals surface area contributed by atoms with E-state index in [1.54, 1.807) is 0 Å². The normalized spacial score (nSPS) is 15.9. The zero-order chi connectivity index (χ0) is 13.5. The van der Waals surface area contributed by atoms with Crippen molar-refractivity contribution in [3.05, 3.63) is 30.1 Å². The summed E-state index contributed by atoms with van der Waals surface area (Å²) >= 11 is 0. The first kappa shape index (κ1) is 13.1. The zero-order valence-electron chi connectivity index (χ0n) is 11.9. The van der Waals surface area contributed by atoms with E-state index in [-0.39, 0.29) is 17.5 Å². The van der Waals surface area contributed by atoms with Crippen molar-refractivity contribution in [3.63, 3.8) is 0 Å². The molecule has 3 nitrogen and oxygen atoms in total. The number of aromatic nitrogens is 2. The van der Waals surface area contributed by atoms with Gasteiger partial charge in [0.2, 0.25) is 0 Å². The van der Waals surface area contributed by atoms with Gasteiger partial charge in [-0.15, -0.1) is 0 Å². The average Bonchev–Trinajstić information content (AvgIpc) is 2.66. The minimum Gasteiger partial charge on any atom is -0.327 e. The minimum absolute atomic E-state index is 0.00852. The molecule has 0 fully saturated rings. The highest BCUT2D eigenvalue weighted by molar-refractivity contribution is 5.76. The van der Waals surface area contributed by atoms with Gasteiger partial charge in [-0.05, 0) is 39.8 Å². The van der Waals surface area contributed by atoms with Crippen LogP contribution in [0.3, 0.4) is 0 Å². The largest absolute Gasteiger partial charge is 0.327 e. The lowest BCUT2D eigenvalue weighted by Gasteiger charge is -2.27. The summed E-state index contributed by atoms with van der Waals surface area (Å²) in [6.07, 6.45) is 0. The van der Waals surface area contributed by atoms with Crippen LogP contribution in [0, 0.1) is 0 Å². The third-order valence-corrected chi connectivity index (χ3v) is 3.45. The SMILES string of the molecule is CC(N)C(C)c1nc2ccccc2n1C(C)(C)C. The number of nitrogens with two attached hydrogens (primary N) is 1. The molecule has 0 aliphatic rings. The fourth-order valence-electron chi connectivity index (χ4n) is 2.29. The Balaban J connectivity index is 2.72. The Morgan fingerprint density at radius 2 is 1.78 bits per heavy atom. The van der Waals surface area contributed by atoms with Gasteiger partial charge in [0, 0.05) is 17.5 Å². The quantitative estimate of drug-likeness (QED) is 0.882. The van der Waals surface area contributed by atoms with Gasteiger partial charge in [0.1, 0.15) is 5.82 Å². The van der Waals surface area contributed by atoms with Crippen molar-refractivity contribution in [2.75, 3.05) is 0 Å². The Morgan fingerprint density at radius 1 is 1.17 bits per heavy atom. The van der Waals surface area contributed by atoms with Crippen LogP contribution >= 0.6 is 0 Å². The van der Waals surface area contributed by atoms with Crippen molar-refractivity contribution < 1.29 is 0 Å². The van der Waals surface area contributed by atoms with E-state index in [0.717, 1.165) is 11.3 Å². The zero-order valence-corrected chi connectivity index (χ0v) is 11.9. The maximum Gasteiger partial charge on any atom is 0.114 e. The standard InChI is InChI=1S/C15H23N3/c1-10(11(2)16)14-17-12-8-6-7-9-13(12)18(14)15(3,4)5/h6-11H,16H2,1-5H3. The summed E-state index contributed by atoms with van der Waals surface area (Å²) in [5, 5.41) is 0. The van der Waals surface area contributed by atoms with Crippen molar-refractivity contribution in [3.8, 4) is 0 Å². The van der Waals surface area contributed by atoms with Gasteiger partial charge in [-0.1, -0.05) is 19.1 Å². The van der Waals surface area contributed by atoms with Crippen LogP contribution in [0.25, 0.3) is 11.0 Å². The van der Waals surface area contributed by atoms with Gasteiger partial charge < -0.3 is 10.3 Å². The molecule has 1 heterocycles. The Kier molecular flexibility index (Phi) is 3.20. The van der Waals surface area contributed by atoms with Crippen LogP contribution in [0.15, 0.2) is 24.3 Å². The predicted molar refractivity (Wildman–Crippen MR) is 76.8 cm³/mol. The number of hydrogen-bond donors (Lipinski definition) is 1. The highest BCUT2D eigenvalue weighted by Gasteiger charge is 2.25. The predicted octanol–water partition coefficient (Wildman–Crippen LogP) is 3.24. The van der Waals surface area contributed by atoms with E-state index in [9.17, 15) is 0 Å². The van der Waals surface area contributed by atoms with Gasteiger partial charge in [0.25, 0.3) is 0 Å². The molecule has 0 aliphatic carbocycles. The number of nitrogens with zero attached hydrogens (tertiary/aromatic N) is 2. The number of hydrogen-bond acceptors (Lipinski definition) is 2. The number of benzene rings is 1. The number of para-hydroxylation sites is 2. The molecule has 2 rings (SSSR count). The molecule has 2 atom stereocenters. The molecule has 0 radical (unpaired) electrons. The fraction of sp³-hybridized carbons (Fsp3) is 0.533. The summed E-state index contributed by atoms with van der Waals surface area (Å²) in [6.45, 7) is 10.8. The second-order valence-corrected chi connectivity index (χ2v) is 6.11. The van der Waals surface area contributed by atoms with E-state index in [1.807, 2.05) is 13.0 Å². The Labute approximate surface area is 109 Å². The second kappa shape index (κ2) is 4.39. The van der Waals surface area contributed by atoms with E-state index >= 15 is 0 Å². The molecular weight excluding hydrogens is 222 g/mol. The molecule has 2 unspecified atom stereocenters. The van der Waals surface area contributed by atoms with Crippen LogP contribution in [0.1, 0.15) is 46.4 Å². The molecule has 98 valence electrons. The van der Waals surface area contributed by atoms with Gasteiger partial charge in [-0.3, -0.25) is 0 Å². The van der Waals surface area contributed by atoms with Crippen molar-refractivity contribution in [2.24, 2.45) is 5.73 Å². The molecule has 3 heteroatoms. The second-order valence-electron chi connectivity index (χ2n) is 6.11. The van der Waals surface area contributed by atoms with Crippen LogP contribution < -0.4 is 5.73 Å². The third-order valence-electron chi connectivity index (χ3n) is 3.45. The number of fused-ring (bicyclic) bond motifs is 1. The summed E-state index contributed by atoms with van der Waals surface area (Å²) in [5.74, 6) is 1.33. The van der Waals surface area contributed by atoms with Gasteiger partial charge >= 0.3 is 0 Å². The van der Waals surface area contributed by atoms with E-state index < -0.39 is 0 Å². The first-order chi connectivity index (χ1) is 8.32.